The van der Waals surface area contributed by atoms with Crippen LogP contribution in [0.3, 0.4) is 0 Å². The fraction of sp³-hybridized carbons (Fsp3) is 0.529. The molecule has 4 nitrogen and oxygen atoms in total. The third-order valence-corrected chi connectivity index (χ3v) is 5.39. The number of nitriles is 1. The van der Waals surface area contributed by atoms with Crippen LogP contribution in [0.25, 0.3) is 0 Å². The van der Waals surface area contributed by atoms with Crippen LogP contribution in [0.15, 0.2) is 18.2 Å². The summed E-state index contributed by atoms with van der Waals surface area (Å²) in [7, 11) is 0. The van der Waals surface area contributed by atoms with E-state index >= 15 is 0 Å². The molecule has 1 N–H and O–H groups in total. The first-order valence-corrected chi connectivity index (χ1v) is 8.95. The number of halogens is 1. The Hall–Kier alpha value is -1.58. The Morgan fingerprint density at radius 2 is 2.35 bits per heavy atom. The summed E-state index contributed by atoms with van der Waals surface area (Å²) >= 11 is 1.65. The summed E-state index contributed by atoms with van der Waals surface area (Å²) in [6, 6.07) is 6.46. The summed E-state index contributed by atoms with van der Waals surface area (Å²) in [6.45, 7) is 0.813. The van der Waals surface area contributed by atoms with Crippen LogP contribution >= 0.6 is 11.8 Å². The number of ether oxygens (including phenoxy) is 1. The summed E-state index contributed by atoms with van der Waals surface area (Å²) in [5.41, 5.74) is -0.0632. The zero-order chi connectivity index (χ0) is 16.3. The van der Waals surface area contributed by atoms with Gasteiger partial charge in [0.25, 0.3) is 5.91 Å². The highest BCUT2D eigenvalue weighted by Gasteiger charge is 2.36. The van der Waals surface area contributed by atoms with Crippen molar-refractivity contribution in [2.45, 2.75) is 31.4 Å². The molecular formula is C17H19FN2O2S. The number of rotatable bonds is 6. The number of thioether (sulfide) groups is 1. The molecule has 122 valence electrons. The van der Waals surface area contributed by atoms with Crippen molar-refractivity contribution < 1.29 is 13.9 Å². The molecule has 0 unspecified atom stereocenters. The van der Waals surface area contributed by atoms with Crippen LogP contribution in [0, 0.1) is 23.1 Å². The van der Waals surface area contributed by atoms with Gasteiger partial charge >= 0.3 is 0 Å². The lowest BCUT2D eigenvalue weighted by Crippen LogP contribution is -2.47. The molecular weight excluding hydrogens is 315 g/mol. The van der Waals surface area contributed by atoms with E-state index in [-0.39, 0.29) is 18.3 Å². The first kappa shape index (κ1) is 16.3. The molecule has 2 fully saturated rings. The number of hydrogen-bond acceptors (Lipinski definition) is 4. The number of nitrogens with one attached hydrogen (secondary N) is 1. The largest absolute Gasteiger partial charge is 0.376 e. The van der Waals surface area contributed by atoms with Gasteiger partial charge in [-0.3, -0.25) is 4.79 Å². The van der Waals surface area contributed by atoms with Gasteiger partial charge in [-0.05, 0) is 49.1 Å². The van der Waals surface area contributed by atoms with Crippen molar-refractivity contribution in [3.05, 3.63) is 35.1 Å². The minimum atomic E-state index is -0.807. The molecule has 0 aromatic heterocycles. The maximum absolute atomic E-state index is 13.9. The van der Waals surface area contributed by atoms with Crippen molar-refractivity contribution in [3.8, 4) is 6.07 Å². The standard InChI is InChI=1S/C17H19FN2O2S/c18-15-4-3-13(7-14(15)9-22-8-12-1-2-12)16(21)20-17(10-19)5-6-23-11-17/h3-4,7,12H,1-2,5-6,8-9,11H2,(H,20,21)/t17-/m0/s1. The van der Waals surface area contributed by atoms with Gasteiger partial charge in [0.2, 0.25) is 0 Å². The van der Waals surface area contributed by atoms with E-state index in [2.05, 4.69) is 11.4 Å². The SMILES string of the molecule is N#C[C@@]1(NC(=O)c2ccc(F)c(COCC3CC3)c2)CCSC1. The molecule has 0 spiro atoms. The van der Waals surface area contributed by atoms with Crippen LogP contribution in [0.1, 0.15) is 35.2 Å². The van der Waals surface area contributed by atoms with Gasteiger partial charge in [0.15, 0.2) is 0 Å². The fourth-order valence-corrected chi connectivity index (χ4v) is 3.78. The van der Waals surface area contributed by atoms with Crippen LogP contribution < -0.4 is 5.32 Å². The van der Waals surface area contributed by atoms with Gasteiger partial charge in [-0.2, -0.15) is 17.0 Å². The average Bonchev–Trinajstić information content (AvgIpc) is 3.26. The van der Waals surface area contributed by atoms with Gasteiger partial charge in [0.1, 0.15) is 11.4 Å². The van der Waals surface area contributed by atoms with E-state index in [9.17, 15) is 14.4 Å². The topological polar surface area (TPSA) is 62.1 Å². The smallest absolute Gasteiger partial charge is 0.252 e. The van der Waals surface area contributed by atoms with E-state index in [1.165, 1.54) is 31.0 Å². The summed E-state index contributed by atoms with van der Waals surface area (Å²) in [6.07, 6.45) is 3.00. The first-order valence-electron chi connectivity index (χ1n) is 7.79. The molecule has 2 aliphatic rings. The van der Waals surface area contributed by atoms with Crippen LogP contribution in [-0.2, 0) is 11.3 Å². The maximum atomic E-state index is 13.9. The number of amides is 1. The summed E-state index contributed by atoms with van der Waals surface area (Å²) < 4.78 is 19.4. The molecule has 1 aliphatic carbocycles. The number of carbonyl (C=O) groups excluding carboxylic acids is 1. The van der Waals surface area contributed by atoms with Crippen molar-refractivity contribution in [2.75, 3.05) is 18.1 Å². The Morgan fingerprint density at radius 3 is 3.00 bits per heavy atom. The van der Waals surface area contributed by atoms with Gasteiger partial charge in [-0.15, -0.1) is 0 Å². The van der Waals surface area contributed by atoms with E-state index in [1.54, 1.807) is 11.8 Å². The number of benzene rings is 1. The van der Waals surface area contributed by atoms with Gasteiger partial charge in [-0.1, -0.05) is 0 Å². The molecule has 1 saturated carbocycles. The van der Waals surface area contributed by atoms with Gasteiger partial charge in [0, 0.05) is 23.5 Å². The Labute approximate surface area is 139 Å². The number of hydrogen-bond donors (Lipinski definition) is 1. The Balaban J connectivity index is 1.66. The predicted molar refractivity (Wildman–Crippen MR) is 86.5 cm³/mol. The van der Waals surface area contributed by atoms with Crippen LogP contribution in [-0.4, -0.2) is 29.6 Å². The highest BCUT2D eigenvalue weighted by molar-refractivity contribution is 7.99. The van der Waals surface area contributed by atoms with Gasteiger partial charge < -0.3 is 10.1 Å². The molecule has 1 saturated heterocycles. The number of carbonyl (C=O) groups is 1. The Bertz CT molecular complexity index is 634. The van der Waals surface area contributed by atoms with Crippen molar-refractivity contribution in [2.24, 2.45) is 5.92 Å². The third kappa shape index (κ3) is 4.04. The highest BCUT2D eigenvalue weighted by atomic mass is 32.2. The summed E-state index contributed by atoms with van der Waals surface area (Å²) in [5, 5.41) is 12.1. The van der Waals surface area contributed by atoms with Crippen LogP contribution in [0.5, 0.6) is 0 Å². The molecule has 1 amide bonds. The zero-order valence-corrected chi connectivity index (χ0v) is 13.6. The normalized spacial score (nSPS) is 23.5. The molecule has 6 heteroatoms. The van der Waals surface area contributed by atoms with Crippen molar-refractivity contribution in [1.29, 1.82) is 5.26 Å². The quantitative estimate of drug-likeness (QED) is 0.869. The lowest BCUT2D eigenvalue weighted by atomic mass is 10.00. The molecule has 0 radical (unpaired) electrons. The van der Waals surface area contributed by atoms with Crippen LogP contribution in [0.2, 0.25) is 0 Å². The predicted octanol–water partition coefficient (Wildman–Crippen LogP) is 2.88. The second kappa shape index (κ2) is 6.90. The van der Waals surface area contributed by atoms with Gasteiger partial charge in [-0.25, -0.2) is 4.39 Å². The molecule has 3 rings (SSSR count). The van der Waals surface area contributed by atoms with Crippen LogP contribution in [0.4, 0.5) is 4.39 Å². The molecule has 0 bridgehead atoms. The maximum Gasteiger partial charge on any atom is 0.252 e. The monoisotopic (exact) mass is 334 g/mol. The number of nitrogens with zero attached hydrogens (tertiary/aromatic N) is 1. The minimum absolute atomic E-state index is 0.169. The van der Waals surface area contributed by atoms with E-state index < -0.39 is 5.54 Å². The highest BCUT2D eigenvalue weighted by Crippen LogP contribution is 2.29. The lowest BCUT2D eigenvalue weighted by Gasteiger charge is -2.21. The second-order valence-corrected chi connectivity index (χ2v) is 7.32. The van der Waals surface area contributed by atoms with Gasteiger partial charge in [0.05, 0.1) is 12.7 Å². The average molecular weight is 334 g/mol. The van der Waals surface area contributed by atoms with E-state index in [0.29, 0.717) is 35.8 Å². The summed E-state index contributed by atoms with van der Waals surface area (Å²) in [5.74, 6) is 1.35. The van der Waals surface area contributed by atoms with E-state index in [1.807, 2.05) is 0 Å². The van der Waals surface area contributed by atoms with Crippen molar-refractivity contribution >= 4 is 17.7 Å². The third-order valence-electron chi connectivity index (χ3n) is 4.20. The van der Waals surface area contributed by atoms with Crippen molar-refractivity contribution in [3.63, 3.8) is 0 Å². The first-order chi connectivity index (χ1) is 11.1. The van der Waals surface area contributed by atoms with E-state index in [4.69, 9.17) is 4.74 Å². The molecule has 1 atom stereocenters. The Morgan fingerprint density at radius 1 is 1.52 bits per heavy atom. The molecule has 1 aliphatic heterocycles. The molecule has 1 aromatic rings. The van der Waals surface area contributed by atoms with E-state index in [0.717, 1.165) is 5.75 Å². The fourth-order valence-electron chi connectivity index (χ4n) is 2.52. The summed E-state index contributed by atoms with van der Waals surface area (Å²) in [4.78, 5) is 12.4. The Kier molecular flexibility index (Phi) is 4.88. The van der Waals surface area contributed by atoms with Crippen molar-refractivity contribution in [1.82, 2.24) is 5.32 Å². The molecule has 23 heavy (non-hydrogen) atoms. The molecule has 1 aromatic carbocycles. The molecule has 1 heterocycles. The second-order valence-electron chi connectivity index (χ2n) is 6.22. The zero-order valence-electron chi connectivity index (χ0n) is 12.8. The lowest BCUT2D eigenvalue weighted by molar-refractivity contribution is 0.0924. The minimum Gasteiger partial charge on any atom is -0.376 e.